The van der Waals surface area contributed by atoms with Gasteiger partial charge in [-0.1, -0.05) is 289 Å². The van der Waals surface area contributed by atoms with E-state index in [2.05, 4.69) is 31.3 Å². The monoisotopic (exact) mass is 846 g/mol. The Balaban J connectivity index is 3.39. The molecular weight excluding hydrogens is 735 g/mol. The first kappa shape index (κ1) is 59.1. The molecule has 0 rings (SSSR count). The molecule has 0 saturated heterocycles. The third-order valence-corrected chi connectivity index (χ3v) is 13.3. The molecule has 4 nitrogen and oxygen atoms in total. The van der Waals surface area contributed by atoms with E-state index in [1.54, 1.807) is 0 Å². The second-order valence-electron chi connectivity index (χ2n) is 19.4. The number of amides is 1. The SMILES string of the molecule is CCCCCCCCCC/C=C\CCCCCCCCCCCCCCCCCCCCCC(=O)NC(CO)C(O)CCCCCCCCCCCCCCCCCCC. The second kappa shape index (κ2) is 52.5. The minimum Gasteiger partial charge on any atom is -0.394 e. The van der Waals surface area contributed by atoms with Crippen LogP contribution >= 0.6 is 0 Å². The lowest BCUT2D eigenvalue weighted by Gasteiger charge is -2.22. The number of unbranched alkanes of at least 4 members (excludes halogenated alkanes) is 43. The van der Waals surface area contributed by atoms with E-state index in [1.807, 2.05) is 0 Å². The lowest BCUT2D eigenvalue weighted by Crippen LogP contribution is -2.45. The van der Waals surface area contributed by atoms with Crippen LogP contribution in [0.2, 0.25) is 0 Å². The topological polar surface area (TPSA) is 69.6 Å². The summed E-state index contributed by atoms with van der Waals surface area (Å²) in [7, 11) is 0. The second-order valence-corrected chi connectivity index (χ2v) is 19.4. The number of allylic oxidation sites excluding steroid dienone is 2. The van der Waals surface area contributed by atoms with E-state index in [0.717, 1.165) is 25.7 Å². The fourth-order valence-electron chi connectivity index (χ4n) is 9.01. The largest absolute Gasteiger partial charge is 0.394 e. The van der Waals surface area contributed by atoms with Crippen molar-refractivity contribution in [3.63, 3.8) is 0 Å². The molecule has 4 heteroatoms. The third-order valence-electron chi connectivity index (χ3n) is 13.3. The number of aliphatic hydroxyl groups excluding tert-OH is 2. The van der Waals surface area contributed by atoms with Crippen LogP contribution in [0.15, 0.2) is 12.2 Å². The molecule has 0 aromatic rings. The van der Waals surface area contributed by atoms with Gasteiger partial charge in [-0.25, -0.2) is 0 Å². The van der Waals surface area contributed by atoms with Gasteiger partial charge in [0.1, 0.15) is 0 Å². The van der Waals surface area contributed by atoms with Crippen molar-refractivity contribution < 1.29 is 15.0 Å². The smallest absolute Gasteiger partial charge is 0.220 e. The summed E-state index contributed by atoms with van der Waals surface area (Å²) in [5.74, 6) is -0.0241. The van der Waals surface area contributed by atoms with Crippen LogP contribution in [0, 0.1) is 0 Å². The van der Waals surface area contributed by atoms with Crippen LogP contribution in [-0.2, 0) is 4.79 Å². The van der Waals surface area contributed by atoms with E-state index in [1.165, 1.54) is 270 Å². The maximum absolute atomic E-state index is 12.5. The van der Waals surface area contributed by atoms with Crippen molar-refractivity contribution in [3.05, 3.63) is 12.2 Å². The Morgan fingerprint density at radius 3 is 0.917 bits per heavy atom. The molecular formula is C56H111NO3. The predicted molar refractivity (Wildman–Crippen MR) is 267 cm³/mol. The van der Waals surface area contributed by atoms with E-state index < -0.39 is 12.1 Å². The van der Waals surface area contributed by atoms with Crippen molar-refractivity contribution in [3.8, 4) is 0 Å². The normalized spacial score (nSPS) is 12.8. The third kappa shape index (κ3) is 48.2. The van der Waals surface area contributed by atoms with Gasteiger partial charge in [-0.15, -0.1) is 0 Å². The number of rotatable bonds is 52. The van der Waals surface area contributed by atoms with Gasteiger partial charge in [0.25, 0.3) is 0 Å². The van der Waals surface area contributed by atoms with Gasteiger partial charge in [0, 0.05) is 6.42 Å². The molecule has 0 radical (unpaired) electrons. The average Bonchev–Trinajstić information content (AvgIpc) is 3.25. The van der Waals surface area contributed by atoms with Crippen LogP contribution in [0.3, 0.4) is 0 Å². The first-order valence-electron chi connectivity index (χ1n) is 27.9. The van der Waals surface area contributed by atoms with Gasteiger partial charge in [-0.05, 0) is 38.5 Å². The molecule has 0 aliphatic heterocycles. The zero-order valence-corrected chi connectivity index (χ0v) is 41.3. The zero-order chi connectivity index (χ0) is 43.5. The van der Waals surface area contributed by atoms with Gasteiger partial charge in [-0.2, -0.15) is 0 Å². The number of nitrogens with one attached hydrogen (secondary N) is 1. The molecule has 358 valence electrons. The van der Waals surface area contributed by atoms with Gasteiger partial charge in [0.2, 0.25) is 5.91 Å². The van der Waals surface area contributed by atoms with Crippen molar-refractivity contribution in [1.29, 1.82) is 0 Å². The molecule has 3 N–H and O–H groups in total. The van der Waals surface area contributed by atoms with Crippen molar-refractivity contribution in [2.24, 2.45) is 0 Å². The Morgan fingerprint density at radius 1 is 0.383 bits per heavy atom. The van der Waals surface area contributed by atoms with Crippen molar-refractivity contribution >= 4 is 5.91 Å². The van der Waals surface area contributed by atoms with Crippen LogP contribution in [-0.4, -0.2) is 34.9 Å². The average molecular weight is 847 g/mol. The quantitative estimate of drug-likeness (QED) is 0.0422. The molecule has 0 aliphatic rings. The maximum Gasteiger partial charge on any atom is 0.220 e. The number of carbonyl (C=O) groups excluding carboxylic acids is 1. The summed E-state index contributed by atoms with van der Waals surface area (Å²) in [6.07, 6.45) is 67.7. The van der Waals surface area contributed by atoms with Gasteiger partial charge in [0.05, 0.1) is 18.8 Å². The number of carbonyl (C=O) groups is 1. The van der Waals surface area contributed by atoms with Crippen LogP contribution < -0.4 is 5.32 Å². The maximum atomic E-state index is 12.5. The highest BCUT2D eigenvalue weighted by Crippen LogP contribution is 2.18. The van der Waals surface area contributed by atoms with E-state index in [4.69, 9.17) is 0 Å². The number of hydrogen-bond donors (Lipinski definition) is 3. The zero-order valence-electron chi connectivity index (χ0n) is 41.3. The first-order valence-corrected chi connectivity index (χ1v) is 27.9. The summed E-state index contributed by atoms with van der Waals surface area (Å²) in [4.78, 5) is 12.5. The molecule has 0 aromatic heterocycles. The Labute approximate surface area is 377 Å². The van der Waals surface area contributed by atoms with E-state index in [9.17, 15) is 15.0 Å². The highest BCUT2D eigenvalue weighted by atomic mass is 16.3. The predicted octanol–water partition coefficient (Wildman–Crippen LogP) is 18.1. The minimum absolute atomic E-state index is 0.0241. The lowest BCUT2D eigenvalue weighted by atomic mass is 10.0. The van der Waals surface area contributed by atoms with Crippen molar-refractivity contribution in [1.82, 2.24) is 5.32 Å². The molecule has 0 bridgehead atoms. The van der Waals surface area contributed by atoms with Gasteiger partial charge >= 0.3 is 0 Å². The molecule has 0 aromatic carbocycles. The minimum atomic E-state index is -0.655. The molecule has 0 spiro atoms. The Morgan fingerprint density at radius 2 is 0.633 bits per heavy atom. The Kier molecular flexibility index (Phi) is 51.7. The van der Waals surface area contributed by atoms with Crippen LogP contribution in [0.4, 0.5) is 0 Å². The summed E-state index contributed by atoms with van der Waals surface area (Å²) < 4.78 is 0. The first-order chi connectivity index (χ1) is 29.7. The van der Waals surface area contributed by atoms with Crippen LogP contribution in [0.25, 0.3) is 0 Å². The molecule has 60 heavy (non-hydrogen) atoms. The van der Waals surface area contributed by atoms with Gasteiger partial charge in [0.15, 0.2) is 0 Å². The highest BCUT2D eigenvalue weighted by Gasteiger charge is 2.20. The molecule has 2 atom stereocenters. The van der Waals surface area contributed by atoms with Gasteiger partial charge < -0.3 is 15.5 Å². The van der Waals surface area contributed by atoms with E-state index >= 15 is 0 Å². The highest BCUT2D eigenvalue weighted by molar-refractivity contribution is 5.76. The number of aliphatic hydroxyl groups is 2. The summed E-state index contributed by atoms with van der Waals surface area (Å²) in [6, 6.07) is -0.532. The molecule has 0 fully saturated rings. The summed E-state index contributed by atoms with van der Waals surface area (Å²) in [5, 5.41) is 23.3. The Hall–Kier alpha value is -0.870. The fraction of sp³-hybridized carbons (Fsp3) is 0.946. The summed E-state index contributed by atoms with van der Waals surface area (Å²) in [6.45, 7) is 4.39. The van der Waals surface area contributed by atoms with Crippen LogP contribution in [0.1, 0.15) is 322 Å². The molecule has 0 aliphatic carbocycles. The molecule has 1 amide bonds. The fourth-order valence-corrected chi connectivity index (χ4v) is 9.01. The van der Waals surface area contributed by atoms with E-state index in [0.29, 0.717) is 12.8 Å². The molecule has 0 saturated carbocycles. The Bertz CT molecular complexity index is 829. The molecule has 0 heterocycles. The van der Waals surface area contributed by atoms with Crippen LogP contribution in [0.5, 0.6) is 0 Å². The summed E-state index contributed by atoms with van der Waals surface area (Å²) >= 11 is 0. The van der Waals surface area contributed by atoms with Crippen molar-refractivity contribution in [2.75, 3.05) is 6.61 Å². The van der Waals surface area contributed by atoms with Gasteiger partial charge in [-0.3, -0.25) is 4.79 Å². The van der Waals surface area contributed by atoms with Crippen molar-refractivity contribution in [2.45, 2.75) is 334 Å². The number of hydrogen-bond acceptors (Lipinski definition) is 3. The van der Waals surface area contributed by atoms with E-state index in [-0.39, 0.29) is 12.5 Å². The lowest BCUT2D eigenvalue weighted by molar-refractivity contribution is -0.123. The standard InChI is InChI=1S/C56H111NO3/c1-3-5-7-9-11-13-15-17-19-21-22-23-24-25-26-27-28-29-30-31-32-33-34-36-38-40-42-44-46-48-50-52-56(60)57-54(53-58)55(59)51-49-47-45-43-41-39-37-35-20-18-16-14-12-10-8-6-4-2/h21-22,54-55,58-59H,3-20,23-53H2,1-2H3,(H,57,60)/b22-21-. The summed E-state index contributed by atoms with van der Waals surface area (Å²) in [5.41, 5.74) is 0. The molecule has 2 unspecified atom stereocenters.